The zero-order chi connectivity index (χ0) is 16.7. The Morgan fingerprint density at radius 1 is 1.00 bits per heavy atom. The molecule has 0 saturated heterocycles. The monoisotopic (exact) mass is 308 g/mol. The van der Waals surface area contributed by atoms with Gasteiger partial charge in [-0.15, -0.1) is 0 Å². The summed E-state index contributed by atoms with van der Waals surface area (Å²) in [4.78, 5) is 44.7. The second-order valence-corrected chi connectivity index (χ2v) is 3.85. The van der Waals surface area contributed by atoms with Crippen molar-refractivity contribution >= 4 is 23.9 Å². The summed E-state index contributed by atoms with van der Waals surface area (Å²) in [5.41, 5.74) is -1.59. The summed E-state index contributed by atoms with van der Waals surface area (Å²) in [5, 5.41) is 18.0. The van der Waals surface area contributed by atoms with Gasteiger partial charge in [0.15, 0.2) is 0 Å². The van der Waals surface area contributed by atoms with Crippen molar-refractivity contribution in [1.29, 1.82) is 0 Å². The van der Waals surface area contributed by atoms with Gasteiger partial charge in [0.2, 0.25) is 0 Å². The third kappa shape index (κ3) is 4.17. The zero-order valence-corrected chi connectivity index (χ0v) is 11.3. The van der Waals surface area contributed by atoms with E-state index in [0.29, 0.717) is 0 Å². The molecule has 116 valence electrons. The minimum atomic E-state index is -1.57. The normalized spacial score (nSPS) is 9.64. The highest BCUT2D eigenvalue weighted by atomic mass is 16.6. The van der Waals surface area contributed by atoms with Crippen molar-refractivity contribution in [2.24, 2.45) is 0 Å². The summed E-state index contributed by atoms with van der Waals surface area (Å²) in [6.45, 7) is 2.63. The minimum absolute atomic E-state index is 0.238. The molecule has 0 fully saturated rings. The molecule has 0 aliphatic carbocycles. The van der Waals surface area contributed by atoms with Crippen molar-refractivity contribution in [3.8, 4) is 0 Å². The largest absolute Gasteiger partial charge is 0.478 e. The number of hydrogen-bond donors (Lipinski definition) is 2. The molecule has 22 heavy (non-hydrogen) atoms. The Bertz CT molecular complexity index is 632. The molecule has 0 radical (unpaired) electrons. The molecule has 0 aromatic heterocycles. The highest BCUT2D eigenvalue weighted by molar-refractivity contribution is 6.09. The van der Waals surface area contributed by atoms with Crippen LogP contribution in [0.25, 0.3) is 0 Å². The molecule has 8 nitrogen and oxygen atoms in total. The predicted molar refractivity (Wildman–Crippen MR) is 71.8 cm³/mol. The van der Waals surface area contributed by atoms with E-state index in [9.17, 15) is 19.2 Å². The SMILES string of the molecule is C=CC(=O)OCCOC(=O)c1cccc(C(=O)O)c1C(=O)O. The Kier molecular flexibility index (Phi) is 5.82. The molecule has 0 saturated carbocycles. The molecule has 1 aromatic carbocycles. The lowest BCUT2D eigenvalue weighted by Crippen LogP contribution is -2.18. The Hall–Kier alpha value is -3.16. The topological polar surface area (TPSA) is 127 Å². The molecule has 0 aliphatic rings. The number of carbonyl (C=O) groups is 4. The summed E-state index contributed by atoms with van der Waals surface area (Å²) in [6.07, 6.45) is 0.931. The van der Waals surface area contributed by atoms with Gasteiger partial charge in [0.05, 0.1) is 16.7 Å². The first-order valence-corrected chi connectivity index (χ1v) is 5.94. The number of carbonyl (C=O) groups excluding carboxylic acids is 2. The maximum atomic E-state index is 11.8. The number of ether oxygens (including phenoxy) is 2. The number of rotatable bonds is 7. The van der Waals surface area contributed by atoms with E-state index in [2.05, 4.69) is 11.3 Å². The van der Waals surface area contributed by atoms with Crippen molar-refractivity contribution in [2.75, 3.05) is 13.2 Å². The van der Waals surface area contributed by atoms with Gasteiger partial charge in [-0.05, 0) is 12.1 Å². The Morgan fingerprint density at radius 3 is 2.14 bits per heavy atom. The summed E-state index contributed by atoms with van der Waals surface area (Å²) < 4.78 is 9.31. The van der Waals surface area contributed by atoms with Crippen LogP contribution in [0.4, 0.5) is 0 Å². The van der Waals surface area contributed by atoms with Crippen LogP contribution in [0.1, 0.15) is 31.1 Å². The molecule has 1 rings (SSSR count). The third-order valence-electron chi connectivity index (χ3n) is 2.46. The first-order valence-electron chi connectivity index (χ1n) is 5.94. The van der Waals surface area contributed by atoms with Gasteiger partial charge in [-0.25, -0.2) is 19.2 Å². The number of esters is 2. The van der Waals surface area contributed by atoms with Crippen molar-refractivity contribution in [3.05, 3.63) is 47.5 Å². The predicted octanol–water partition coefficient (Wildman–Crippen LogP) is 0.969. The smallest absolute Gasteiger partial charge is 0.339 e. The molecule has 0 aliphatic heterocycles. The van der Waals surface area contributed by atoms with Crippen molar-refractivity contribution in [3.63, 3.8) is 0 Å². The van der Waals surface area contributed by atoms with E-state index in [1.165, 1.54) is 6.07 Å². The van der Waals surface area contributed by atoms with Gasteiger partial charge in [0, 0.05) is 6.08 Å². The van der Waals surface area contributed by atoms with E-state index in [0.717, 1.165) is 18.2 Å². The van der Waals surface area contributed by atoms with Gasteiger partial charge in [-0.1, -0.05) is 12.6 Å². The minimum Gasteiger partial charge on any atom is -0.478 e. The molecule has 8 heteroatoms. The quantitative estimate of drug-likeness (QED) is 0.433. The number of hydrogen-bond acceptors (Lipinski definition) is 6. The molecule has 0 spiro atoms. The standard InChI is InChI=1S/C14H12O8/c1-2-10(15)21-6-7-22-14(20)9-5-3-4-8(12(16)17)11(9)13(18)19/h2-5H,1,6-7H2,(H,16,17)(H,18,19). The second kappa shape index (κ2) is 7.58. The summed E-state index contributed by atoms with van der Waals surface area (Å²) in [5.74, 6) is -4.78. The summed E-state index contributed by atoms with van der Waals surface area (Å²) in [7, 11) is 0. The van der Waals surface area contributed by atoms with Crippen LogP contribution in [0.2, 0.25) is 0 Å². The van der Waals surface area contributed by atoms with E-state index >= 15 is 0 Å². The van der Waals surface area contributed by atoms with E-state index in [4.69, 9.17) is 14.9 Å². The third-order valence-corrected chi connectivity index (χ3v) is 2.46. The number of aromatic carboxylic acids is 2. The van der Waals surface area contributed by atoms with Crippen molar-refractivity contribution in [2.45, 2.75) is 0 Å². The summed E-state index contributed by atoms with van der Waals surface area (Å²) >= 11 is 0. The average molecular weight is 308 g/mol. The highest BCUT2D eigenvalue weighted by Gasteiger charge is 2.24. The molecular weight excluding hydrogens is 296 g/mol. The summed E-state index contributed by atoms with van der Waals surface area (Å²) in [6, 6.07) is 3.42. The Labute approximate surface area is 124 Å². The first-order chi connectivity index (χ1) is 10.4. The molecule has 0 unspecified atom stereocenters. The highest BCUT2D eigenvalue weighted by Crippen LogP contribution is 2.16. The van der Waals surface area contributed by atoms with E-state index in [1.54, 1.807) is 0 Å². The molecule has 0 heterocycles. The van der Waals surface area contributed by atoms with Crippen LogP contribution in [-0.4, -0.2) is 47.3 Å². The fraction of sp³-hybridized carbons (Fsp3) is 0.143. The van der Waals surface area contributed by atoms with Crippen molar-refractivity contribution < 1.29 is 38.9 Å². The van der Waals surface area contributed by atoms with Gasteiger partial charge in [0.25, 0.3) is 0 Å². The maximum Gasteiger partial charge on any atom is 0.339 e. The maximum absolute atomic E-state index is 11.8. The van der Waals surface area contributed by atoms with Crippen LogP contribution >= 0.6 is 0 Å². The van der Waals surface area contributed by atoms with Crippen LogP contribution in [0, 0.1) is 0 Å². The van der Waals surface area contributed by atoms with E-state index in [-0.39, 0.29) is 13.2 Å². The number of benzene rings is 1. The molecule has 2 N–H and O–H groups in total. The van der Waals surface area contributed by atoms with E-state index < -0.39 is 40.6 Å². The fourth-order valence-corrected chi connectivity index (χ4v) is 1.54. The average Bonchev–Trinajstić information content (AvgIpc) is 2.49. The lowest BCUT2D eigenvalue weighted by molar-refractivity contribution is -0.138. The van der Waals surface area contributed by atoms with Gasteiger partial charge < -0.3 is 19.7 Å². The first kappa shape index (κ1) is 16.9. The van der Waals surface area contributed by atoms with Crippen LogP contribution in [0.15, 0.2) is 30.9 Å². The molecule has 0 atom stereocenters. The van der Waals surface area contributed by atoms with Gasteiger partial charge >= 0.3 is 23.9 Å². The van der Waals surface area contributed by atoms with Gasteiger partial charge in [-0.3, -0.25) is 0 Å². The number of carboxylic acid groups (broad SMARTS) is 2. The lowest BCUT2D eigenvalue weighted by Gasteiger charge is -2.09. The van der Waals surface area contributed by atoms with Crippen LogP contribution in [0.5, 0.6) is 0 Å². The molecule has 0 amide bonds. The van der Waals surface area contributed by atoms with Crippen LogP contribution in [0.3, 0.4) is 0 Å². The van der Waals surface area contributed by atoms with Crippen molar-refractivity contribution in [1.82, 2.24) is 0 Å². The fourth-order valence-electron chi connectivity index (χ4n) is 1.54. The van der Waals surface area contributed by atoms with Gasteiger partial charge in [-0.2, -0.15) is 0 Å². The second-order valence-electron chi connectivity index (χ2n) is 3.85. The number of carboxylic acids is 2. The Balaban J connectivity index is 2.87. The van der Waals surface area contributed by atoms with E-state index in [1.807, 2.05) is 0 Å². The lowest BCUT2D eigenvalue weighted by atomic mass is 10.0. The molecule has 1 aromatic rings. The van der Waals surface area contributed by atoms with Gasteiger partial charge in [0.1, 0.15) is 13.2 Å². The van der Waals surface area contributed by atoms with Crippen LogP contribution in [-0.2, 0) is 14.3 Å². The molecular formula is C14H12O8. The Morgan fingerprint density at radius 2 is 1.59 bits per heavy atom. The molecule has 0 bridgehead atoms. The van der Waals surface area contributed by atoms with Crippen LogP contribution < -0.4 is 0 Å². The zero-order valence-electron chi connectivity index (χ0n) is 11.3.